The summed E-state index contributed by atoms with van der Waals surface area (Å²) in [6.45, 7) is 0. The van der Waals surface area contributed by atoms with Gasteiger partial charge in [-0.25, -0.2) is 14.6 Å². The number of aliphatic imine (C=N–C) groups is 1. The average molecular weight is 485 g/mol. The van der Waals surface area contributed by atoms with Gasteiger partial charge in [0.15, 0.2) is 5.60 Å². The number of halogens is 2. The van der Waals surface area contributed by atoms with Gasteiger partial charge in [0, 0.05) is 10.6 Å². The van der Waals surface area contributed by atoms with Crippen LogP contribution in [0.5, 0.6) is 0 Å². The molecule has 1 aromatic carbocycles. The number of ether oxygens (including phenoxy) is 3. The Morgan fingerprint density at radius 1 is 1.14 bits per heavy atom. The molecule has 0 radical (unpaired) electrons. The van der Waals surface area contributed by atoms with Gasteiger partial charge in [0.05, 0.1) is 25.6 Å². The van der Waals surface area contributed by atoms with Crippen molar-refractivity contribution in [2.24, 2.45) is 4.99 Å². The Bertz CT molecular complexity index is 845. The molecule has 0 bridgehead atoms. The lowest BCUT2D eigenvalue weighted by molar-refractivity contribution is -0.139. The van der Waals surface area contributed by atoms with E-state index in [1.54, 1.807) is 24.3 Å². The monoisotopic (exact) mass is 483 g/mol. The molecular weight excluding hydrogens is 462 g/mol. The molecule has 0 saturated heterocycles. The van der Waals surface area contributed by atoms with Crippen LogP contribution < -0.4 is 0 Å². The second-order valence-electron chi connectivity index (χ2n) is 7.03. The van der Waals surface area contributed by atoms with Crippen LogP contribution in [-0.4, -0.2) is 43.4 Å². The third-order valence-corrected chi connectivity index (χ3v) is 6.33. The molecule has 1 heterocycles. The van der Waals surface area contributed by atoms with Gasteiger partial charge in [0.1, 0.15) is 11.1 Å². The van der Waals surface area contributed by atoms with Crippen molar-refractivity contribution >= 4 is 45.4 Å². The number of carbonyl (C=O) groups is 2. The Kier molecular flexibility index (Phi) is 7.01. The molecule has 1 saturated carbocycles. The normalized spacial score (nSPS) is 23.8. The van der Waals surface area contributed by atoms with Crippen LogP contribution in [-0.2, 0) is 29.4 Å². The summed E-state index contributed by atoms with van der Waals surface area (Å²) in [5, 5.41) is 0.750. The third kappa shape index (κ3) is 4.21. The minimum Gasteiger partial charge on any atom is -0.466 e. The molecule has 1 fully saturated rings. The summed E-state index contributed by atoms with van der Waals surface area (Å²) in [4.78, 5) is 30.2. The summed E-state index contributed by atoms with van der Waals surface area (Å²) in [6.07, 6.45) is 5.15. The fourth-order valence-electron chi connectivity index (χ4n) is 3.80. The topological polar surface area (TPSA) is 74.2 Å². The molecule has 0 spiro atoms. The molecule has 1 aliphatic heterocycles. The van der Waals surface area contributed by atoms with Crippen molar-refractivity contribution in [1.29, 1.82) is 0 Å². The molecule has 0 amide bonds. The molecular formula is C21H23BrClNO5. The van der Waals surface area contributed by atoms with Gasteiger partial charge >= 0.3 is 11.9 Å². The van der Waals surface area contributed by atoms with Gasteiger partial charge in [-0.2, -0.15) is 0 Å². The number of esters is 2. The third-order valence-electron chi connectivity index (χ3n) is 5.29. The Hall–Kier alpha value is -1.86. The first kappa shape index (κ1) is 21.8. The predicted molar refractivity (Wildman–Crippen MR) is 113 cm³/mol. The lowest BCUT2D eigenvalue weighted by Gasteiger charge is -2.29. The molecule has 1 atom stereocenters. The van der Waals surface area contributed by atoms with Gasteiger partial charge in [0.2, 0.25) is 5.90 Å². The SMILES string of the molecule is COC(=O)C1=C(C(=O)OC)C(CBr)(c2ccc(Cl)cc2)OC1=NC1CCCCC1. The number of hydrogen-bond donors (Lipinski definition) is 0. The van der Waals surface area contributed by atoms with Gasteiger partial charge in [-0.05, 0) is 25.0 Å². The van der Waals surface area contributed by atoms with Crippen molar-refractivity contribution in [1.82, 2.24) is 0 Å². The maximum Gasteiger partial charge on any atom is 0.344 e. The van der Waals surface area contributed by atoms with Crippen molar-refractivity contribution < 1.29 is 23.8 Å². The van der Waals surface area contributed by atoms with Crippen molar-refractivity contribution in [2.45, 2.75) is 43.7 Å². The molecule has 6 nitrogen and oxygen atoms in total. The highest BCUT2D eigenvalue weighted by molar-refractivity contribution is 9.09. The molecule has 0 N–H and O–H groups in total. The second-order valence-corrected chi connectivity index (χ2v) is 8.03. The highest BCUT2D eigenvalue weighted by atomic mass is 79.9. The standard InChI is InChI=1S/C21H23BrClNO5/c1-27-19(25)16-17(20(26)28-2)21(12-22,13-8-10-14(23)11-9-13)29-18(16)24-15-6-4-3-5-7-15/h8-11,15H,3-7,12H2,1-2H3. The molecule has 29 heavy (non-hydrogen) atoms. The zero-order chi connectivity index (χ0) is 21.0. The Morgan fingerprint density at radius 3 is 2.31 bits per heavy atom. The summed E-state index contributed by atoms with van der Waals surface area (Å²) in [5.74, 6) is -1.23. The first-order valence-corrected chi connectivity index (χ1v) is 11.0. The first-order chi connectivity index (χ1) is 14.0. The zero-order valence-electron chi connectivity index (χ0n) is 16.4. The molecule has 1 unspecified atom stereocenters. The summed E-state index contributed by atoms with van der Waals surface area (Å²) in [6, 6.07) is 6.95. The van der Waals surface area contributed by atoms with Crippen LogP contribution in [0.4, 0.5) is 0 Å². The quantitative estimate of drug-likeness (QED) is 0.459. The average Bonchev–Trinajstić information content (AvgIpc) is 3.08. The van der Waals surface area contributed by atoms with Crippen LogP contribution in [0.25, 0.3) is 0 Å². The van der Waals surface area contributed by atoms with E-state index in [1.165, 1.54) is 20.6 Å². The molecule has 1 aliphatic carbocycles. The summed E-state index contributed by atoms with van der Waals surface area (Å²) in [5.41, 5.74) is -0.552. The Morgan fingerprint density at radius 2 is 1.76 bits per heavy atom. The minimum atomic E-state index is -1.28. The summed E-state index contributed by atoms with van der Waals surface area (Å²) < 4.78 is 16.3. The minimum absolute atomic E-state index is 0.0133. The lowest BCUT2D eigenvalue weighted by atomic mass is 9.86. The molecule has 2 aliphatic rings. The van der Waals surface area contributed by atoms with E-state index >= 15 is 0 Å². The Labute approximate surface area is 183 Å². The van der Waals surface area contributed by atoms with Gasteiger partial charge in [0.25, 0.3) is 0 Å². The van der Waals surface area contributed by atoms with E-state index < -0.39 is 17.5 Å². The van der Waals surface area contributed by atoms with Crippen LogP contribution >= 0.6 is 27.5 Å². The zero-order valence-corrected chi connectivity index (χ0v) is 18.7. The van der Waals surface area contributed by atoms with E-state index in [4.69, 9.17) is 30.8 Å². The fourth-order valence-corrected chi connectivity index (χ4v) is 4.64. The van der Waals surface area contributed by atoms with Gasteiger partial charge < -0.3 is 14.2 Å². The highest BCUT2D eigenvalue weighted by Crippen LogP contribution is 2.45. The maximum atomic E-state index is 12.8. The summed E-state index contributed by atoms with van der Waals surface area (Å²) >= 11 is 9.51. The molecule has 3 rings (SSSR count). The second kappa shape index (κ2) is 9.30. The number of benzene rings is 1. The van der Waals surface area contributed by atoms with E-state index in [9.17, 15) is 9.59 Å². The van der Waals surface area contributed by atoms with E-state index in [2.05, 4.69) is 15.9 Å². The summed E-state index contributed by atoms with van der Waals surface area (Å²) in [7, 11) is 2.53. The Balaban J connectivity index is 2.21. The van der Waals surface area contributed by atoms with Gasteiger partial charge in [-0.3, -0.25) is 0 Å². The lowest BCUT2D eigenvalue weighted by Crippen LogP contribution is -2.35. The molecule has 156 valence electrons. The van der Waals surface area contributed by atoms with Crippen LogP contribution in [0, 0.1) is 0 Å². The van der Waals surface area contributed by atoms with Crippen LogP contribution in [0.15, 0.2) is 40.4 Å². The van der Waals surface area contributed by atoms with Crippen LogP contribution in [0.2, 0.25) is 5.02 Å². The fraction of sp³-hybridized carbons (Fsp3) is 0.476. The number of rotatable bonds is 5. The number of nitrogens with zero attached hydrogens (tertiary/aromatic N) is 1. The maximum absolute atomic E-state index is 12.8. The molecule has 8 heteroatoms. The molecule has 1 aromatic rings. The molecule has 0 aromatic heterocycles. The van der Waals surface area contributed by atoms with Gasteiger partial charge in [-0.1, -0.05) is 58.9 Å². The van der Waals surface area contributed by atoms with Crippen molar-refractivity contribution in [2.75, 3.05) is 19.5 Å². The highest BCUT2D eigenvalue weighted by Gasteiger charge is 2.53. The van der Waals surface area contributed by atoms with Crippen molar-refractivity contribution in [3.8, 4) is 0 Å². The number of hydrogen-bond acceptors (Lipinski definition) is 6. The van der Waals surface area contributed by atoms with E-state index in [0.29, 0.717) is 10.6 Å². The van der Waals surface area contributed by atoms with Crippen molar-refractivity contribution in [3.05, 3.63) is 46.0 Å². The first-order valence-electron chi connectivity index (χ1n) is 9.47. The van der Waals surface area contributed by atoms with E-state index in [0.717, 1.165) is 25.7 Å². The number of methoxy groups -OCH3 is 2. The van der Waals surface area contributed by atoms with Crippen LogP contribution in [0.1, 0.15) is 37.7 Å². The van der Waals surface area contributed by atoms with Crippen LogP contribution in [0.3, 0.4) is 0 Å². The largest absolute Gasteiger partial charge is 0.466 e. The van der Waals surface area contributed by atoms with E-state index in [-0.39, 0.29) is 28.4 Å². The number of alkyl halides is 1. The van der Waals surface area contributed by atoms with Crippen molar-refractivity contribution in [3.63, 3.8) is 0 Å². The van der Waals surface area contributed by atoms with E-state index in [1.807, 2.05) is 0 Å². The smallest absolute Gasteiger partial charge is 0.344 e. The number of carbonyl (C=O) groups excluding carboxylic acids is 2. The van der Waals surface area contributed by atoms with Gasteiger partial charge in [-0.15, -0.1) is 0 Å². The predicted octanol–water partition coefficient (Wildman–Crippen LogP) is 4.33.